The van der Waals surface area contributed by atoms with Crippen LogP contribution in [0, 0.1) is 0 Å². The van der Waals surface area contributed by atoms with Gasteiger partial charge in [0.1, 0.15) is 5.75 Å². The zero-order valence-electron chi connectivity index (χ0n) is 17.6. The maximum Gasteiger partial charge on any atom is 0.257 e. The fourth-order valence-electron chi connectivity index (χ4n) is 3.21. The third kappa shape index (κ3) is 6.77. The van der Waals surface area contributed by atoms with Crippen molar-refractivity contribution in [1.82, 2.24) is 10.6 Å². The molecular formula is C23H27N3O4S. The third-order valence-electron chi connectivity index (χ3n) is 4.63. The van der Waals surface area contributed by atoms with Crippen LogP contribution in [0.15, 0.2) is 48.5 Å². The maximum atomic E-state index is 12.6. The van der Waals surface area contributed by atoms with Crippen LogP contribution in [0.4, 0.5) is 5.69 Å². The minimum Gasteiger partial charge on any atom is -0.491 e. The molecule has 3 rings (SSSR count). The van der Waals surface area contributed by atoms with Crippen molar-refractivity contribution in [2.24, 2.45) is 0 Å². The lowest BCUT2D eigenvalue weighted by Crippen LogP contribution is -2.35. The molecule has 0 saturated carbocycles. The Morgan fingerprint density at radius 1 is 1.16 bits per heavy atom. The number of amides is 2. The molecule has 3 N–H and O–H groups in total. The lowest BCUT2D eigenvalue weighted by molar-refractivity contribution is 0.0858. The Bertz CT molecular complexity index is 942. The Hall–Kier alpha value is -2.97. The molecular weight excluding hydrogens is 414 g/mol. The van der Waals surface area contributed by atoms with Gasteiger partial charge in [-0.05, 0) is 69.2 Å². The molecule has 0 spiro atoms. The average molecular weight is 442 g/mol. The second kappa shape index (κ2) is 10.9. The number of ether oxygens (including phenoxy) is 2. The highest BCUT2D eigenvalue weighted by Crippen LogP contribution is 2.17. The van der Waals surface area contributed by atoms with Crippen LogP contribution in [0.1, 0.15) is 47.4 Å². The van der Waals surface area contributed by atoms with E-state index in [1.165, 1.54) is 0 Å². The normalized spacial score (nSPS) is 15.4. The molecule has 2 aromatic carbocycles. The second-order valence-corrected chi connectivity index (χ2v) is 7.90. The van der Waals surface area contributed by atoms with E-state index in [-0.39, 0.29) is 29.1 Å². The number of carbonyl (C=O) groups excluding carboxylic acids is 2. The Morgan fingerprint density at radius 3 is 2.71 bits per heavy atom. The summed E-state index contributed by atoms with van der Waals surface area (Å²) in [6.07, 6.45) is 2.02. The summed E-state index contributed by atoms with van der Waals surface area (Å²) in [6, 6.07) is 13.9. The minimum absolute atomic E-state index is 0.00364. The van der Waals surface area contributed by atoms with Crippen LogP contribution in [0.25, 0.3) is 0 Å². The summed E-state index contributed by atoms with van der Waals surface area (Å²) >= 11 is 5.29. The number of nitrogens with one attached hydrogen (secondary N) is 3. The predicted molar refractivity (Wildman–Crippen MR) is 124 cm³/mol. The van der Waals surface area contributed by atoms with Gasteiger partial charge in [0.15, 0.2) is 5.11 Å². The Labute approximate surface area is 187 Å². The number of hydrogen-bond acceptors (Lipinski definition) is 5. The maximum absolute atomic E-state index is 12.6. The highest BCUT2D eigenvalue weighted by atomic mass is 32.1. The molecule has 7 nitrogen and oxygen atoms in total. The van der Waals surface area contributed by atoms with Gasteiger partial charge in [0.2, 0.25) is 0 Å². The summed E-state index contributed by atoms with van der Waals surface area (Å²) in [5.41, 5.74) is 1.36. The van der Waals surface area contributed by atoms with Gasteiger partial charge >= 0.3 is 0 Å². The first-order chi connectivity index (χ1) is 14.9. The van der Waals surface area contributed by atoms with E-state index in [0.29, 0.717) is 29.1 Å². The van der Waals surface area contributed by atoms with Gasteiger partial charge in [-0.3, -0.25) is 14.9 Å². The van der Waals surface area contributed by atoms with Crippen LogP contribution in [0.3, 0.4) is 0 Å². The van der Waals surface area contributed by atoms with E-state index in [1.807, 2.05) is 13.8 Å². The van der Waals surface area contributed by atoms with E-state index in [4.69, 9.17) is 21.7 Å². The molecule has 1 atom stereocenters. The fourth-order valence-corrected chi connectivity index (χ4v) is 3.41. The molecule has 8 heteroatoms. The number of thiocarbonyl (C=S) groups is 1. The molecule has 1 unspecified atom stereocenters. The van der Waals surface area contributed by atoms with E-state index in [2.05, 4.69) is 16.0 Å². The Morgan fingerprint density at radius 2 is 1.97 bits per heavy atom. The Kier molecular flexibility index (Phi) is 7.97. The summed E-state index contributed by atoms with van der Waals surface area (Å²) < 4.78 is 11.2. The number of para-hydroxylation sites is 1. The smallest absolute Gasteiger partial charge is 0.257 e. The van der Waals surface area contributed by atoms with Crippen molar-refractivity contribution in [3.05, 3.63) is 59.7 Å². The van der Waals surface area contributed by atoms with E-state index in [9.17, 15) is 9.59 Å². The largest absolute Gasteiger partial charge is 0.491 e. The van der Waals surface area contributed by atoms with Crippen LogP contribution < -0.4 is 20.7 Å². The molecule has 1 heterocycles. The second-order valence-electron chi connectivity index (χ2n) is 7.49. The summed E-state index contributed by atoms with van der Waals surface area (Å²) in [4.78, 5) is 25.2. The molecule has 164 valence electrons. The molecule has 0 aromatic heterocycles. The average Bonchev–Trinajstić information content (AvgIpc) is 3.26. The summed E-state index contributed by atoms with van der Waals surface area (Å²) in [5, 5.41) is 8.58. The number of hydrogen-bond donors (Lipinski definition) is 3. The first-order valence-corrected chi connectivity index (χ1v) is 10.7. The molecule has 0 radical (unpaired) electrons. The van der Waals surface area contributed by atoms with Gasteiger partial charge in [0.05, 0.1) is 23.5 Å². The van der Waals surface area contributed by atoms with Gasteiger partial charge < -0.3 is 20.1 Å². The van der Waals surface area contributed by atoms with Gasteiger partial charge in [0.25, 0.3) is 11.8 Å². The van der Waals surface area contributed by atoms with Gasteiger partial charge in [0, 0.05) is 18.7 Å². The van der Waals surface area contributed by atoms with Crippen molar-refractivity contribution < 1.29 is 19.1 Å². The summed E-state index contributed by atoms with van der Waals surface area (Å²) in [7, 11) is 0. The first-order valence-electron chi connectivity index (χ1n) is 10.3. The van der Waals surface area contributed by atoms with Crippen molar-refractivity contribution in [2.45, 2.75) is 38.9 Å². The van der Waals surface area contributed by atoms with Crippen molar-refractivity contribution in [3.63, 3.8) is 0 Å². The lowest BCUT2D eigenvalue weighted by Gasteiger charge is -2.15. The van der Waals surface area contributed by atoms with E-state index in [0.717, 1.165) is 19.4 Å². The number of rotatable bonds is 7. The number of benzene rings is 2. The topological polar surface area (TPSA) is 88.7 Å². The highest BCUT2D eigenvalue weighted by Gasteiger charge is 2.18. The van der Waals surface area contributed by atoms with Crippen LogP contribution in [-0.2, 0) is 4.74 Å². The summed E-state index contributed by atoms with van der Waals surface area (Å²) in [6.45, 7) is 5.03. The quantitative estimate of drug-likeness (QED) is 0.570. The minimum atomic E-state index is -0.368. The van der Waals surface area contributed by atoms with Crippen molar-refractivity contribution in [2.75, 3.05) is 18.5 Å². The van der Waals surface area contributed by atoms with Gasteiger partial charge in [-0.25, -0.2) is 0 Å². The van der Waals surface area contributed by atoms with Crippen molar-refractivity contribution >= 4 is 34.8 Å². The van der Waals surface area contributed by atoms with Gasteiger partial charge in [-0.2, -0.15) is 0 Å². The van der Waals surface area contributed by atoms with E-state index in [1.54, 1.807) is 48.5 Å². The van der Waals surface area contributed by atoms with Gasteiger partial charge in [-0.1, -0.05) is 18.2 Å². The first kappa shape index (κ1) is 22.7. The van der Waals surface area contributed by atoms with Gasteiger partial charge in [-0.15, -0.1) is 0 Å². The highest BCUT2D eigenvalue weighted by molar-refractivity contribution is 7.80. The SMILES string of the molecule is CC(C)Oc1cccc(C(=O)NC(=S)Nc2ccccc2C(=O)NCC2CCCO2)c1. The molecule has 1 aliphatic rings. The molecule has 1 aliphatic heterocycles. The lowest BCUT2D eigenvalue weighted by atomic mass is 10.1. The monoisotopic (exact) mass is 441 g/mol. The third-order valence-corrected chi connectivity index (χ3v) is 4.83. The molecule has 0 aliphatic carbocycles. The Balaban J connectivity index is 1.60. The zero-order valence-corrected chi connectivity index (χ0v) is 18.5. The standard InChI is InChI=1S/C23H27N3O4S/c1-15(2)30-17-8-5-7-16(13-17)21(27)26-23(31)25-20-11-4-3-10-19(20)22(28)24-14-18-9-6-12-29-18/h3-5,7-8,10-11,13,15,18H,6,9,12,14H2,1-2H3,(H,24,28)(H2,25,26,27,31). The number of carbonyl (C=O) groups is 2. The molecule has 2 amide bonds. The van der Waals surface area contributed by atoms with E-state index >= 15 is 0 Å². The van der Waals surface area contributed by atoms with Crippen molar-refractivity contribution in [1.29, 1.82) is 0 Å². The van der Waals surface area contributed by atoms with Crippen LogP contribution in [0.2, 0.25) is 0 Å². The molecule has 31 heavy (non-hydrogen) atoms. The van der Waals surface area contributed by atoms with Crippen LogP contribution >= 0.6 is 12.2 Å². The van der Waals surface area contributed by atoms with Crippen LogP contribution in [-0.4, -0.2) is 42.3 Å². The predicted octanol–water partition coefficient (Wildman–Crippen LogP) is 3.51. The molecule has 1 saturated heterocycles. The molecule has 1 fully saturated rings. The zero-order chi connectivity index (χ0) is 22.2. The summed E-state index contributed by atoms with van der Waals surface area (Å²) in [5.74, 6) is 0.00747. The van der Waals surface area contributed by atoms with E-state index < -0.39 is 0 Å². The van der Waals surface area contributed by atoms with Crippen LogP contribution in [0.5, 0.6) is 5.75 Å². The molecule has 0 bridgehead atoms. The van der Waals surface area contributed by atoms with Crippen molar-refractivity contribution in [3.8, 4) is 5.75 Å². The number of anilines is 1. The fraction of sp³-hybridized carbons (Fsp3) is 0.348. The molecule has 2 aromatic rings.